The molecule has 0 heterocycles. The zero-order chi connectivity index (χ0) is 20.2. The third-order valence-corrected chi connectivity index (χ3v) is 4.20. The first-order chi connectivity index (χ1) is 12.8. The Hall–Kier alpha value is -2.57. The van der Waals surface area contributed by atoms with Gasteiger partial charge >= 0.3 is 5.97 Å². The molecule has 0 bridgehead atoms. The standard InChI is InChI=1S/C20H30N2O5/c1-14(2)18(20(26)21-13-7-5-4-6-8-17(23)24)22-19(25)15-9-11-16(27-3)12-10-15/h9-12,14,18H,4-8,13H2,1-3H3,(H,21,26)(H,22,25)(H,23,24)/t18-/m1/s1. The van der Waals surface area contributed by atoms with Gasteiger partial charge in [0, 0.05) is 18.5 Å². The number of nitrogens with one attached hydrogen (secondary N) is 2. The number of rotatable bonds is 12. The maximum Gasteiger partial charge on any atom is 0.303 e. The van der Waals surface area contributed by atoms with Crippen LogP contribution in [0.3, 0.4) is 0 Å². The van der Waals surface area contributed by atoms with E-state index < -0.39 is 12.0 Å². The minimum atomic E-state index is -0.782. The van der Waals surface area contributed by atoms with E-state index in [9.17, 15) is 14.4 Å². The quantitative estimate of drug-likeness (QED) is 0.485. The predicted octanol–water partition coefficient (Wildman–Crippen LogP) is 2.60. The number of hydrogen-bond acceptors (Lipinski definition) is 4. The van der Waals surface area contributed by atoms with E-state index in [2.05, 4.69) is 10.6 Å². The number of carboxylic acids is 1. The maximum atomic E-state index is 12.4. The molecule has 27 heavy (non-hydrogen) atoms. The summed E-state index contributed by atoms with van der Waals surface area (Å²) in [5, 5.41) is 14.2. The lowest BCUT2D eigenvalue weighted by molar-refractivity contribution is -0.137. The Morgan fingerprint density at radius 2 is 1.67 bits per heavy atom. The van der Waals surface area contributed by atoms with Crippen molar-refractivity contribution in [3.05, 3.63) is 29.8 Å². The zero-order valence-electron chi connectivity index (χ0n) is 16.3. The van der Waals surface area contributed by atoms with E-state index in [1.807, 2.05) is 13.8 Å². The Kier molecular flexibility index (Phi) is 9.93. The monoisotopic (exact) mass is 378 g/mol. The van der Waals surface area contributed by atoms with E-state index in [0.29, 0.717) is 24.3 Å². The Morgan fingerprint density at radius 3 is 2.22 bits per heavy atom. The van der Waals surface area contributed by atoms with Crippen LogP contribution in [0.5, 0.6) is 5.75 Å². The fourth-order valence-electron chi connectivity index (χ4n) is 2.58. The van der Waals surface area contributed by atoms with Crippen LogP contribution in [-0.4, -0.2) is 42.6 Å². The molecule has 7 nitrogen and oxygen atoms in total. The first kappa shape index (κ1) is 22.5. The highest BCUT2D eigenvalue weighted by Crippen LogP contribution is 2.12. The molecule has 150 valence electrons. The van der Waals surface area contributed by atoms with Crippen LogP contribution in [0.4, 0.5) is 0 Å². The van der Waals surface area contributed by atoms with Gasteiger partial charge in [0.2, 0.25) is 5.91 Å². The molecule has 0 aliphatic carbocycles. The highest BCUT2D eigenvalue weighted by Gasteiger charge is 2.24. The molecule has 0 radical (unpaired) electrons. The van der Waals surface area contributed by atoms with Gasteiger partial charge in [0.05, 0.1) is 7.11 Å². The molecule has 0 aromatic heterocycles. The summed E-state index contributed by atoms with van der Waals surface area (Å²) in [6, 6.07) is 6.08. The average Bonchev–Trinajstić information content (AvgIpc) is 2.64. The lowest BCUT2D eigenvalue weighted by Crippen LogP contribution is -2.49. The molecular formula is C20H30N2O5. The lowest BCUT2D eigenvalue weighted by atomic mass is 10.0. The molecule has 0 spiro atoms. The first-order valence-corrected chi connectivity index (χ1v) is 9.29. The highest BCUT2D eigenvalue weighted by molar-refractivity contribution is 5.97. The van der Waals surface area contributed by atoms with Gasteiger partial charge in [-0.1, -0.05) is 26.7 Å². The largest absolute Gasteiger partial charge is 0.497 e. The van der Waals surface area contributed by atoms with E-state index in [1.54, 1.807) is 31.4 Å². The number of carbonyl (C=O) groups excluding carboxylic acids is 2. The molecule has 0 saturated heterocycles. The van der Waals surface area contributed by atoms with Gasteiger partial charge in [0.25, 0.3) is 5.91 Å². The van der Waals surface area contributed by atoms with Crippen molar-refractivity contribution >= 4 is 17.8 Å². The molecule has 1 aromatic rings. The van der Waals surface area contributed by atoms with Crippen molar-refractivity contribution in [1.82, 2.24) is 10.6 Å². The number of hydrogen-bond donors (Lipinski definition) is 3. The predicted molar refractivity (Wildman–Crippen MR) is 103 cm³/mol. The van der Waals surface area contributed by atoms with Crippen LogP contribution in [0.1, 0.15) is 56.3 Å². The van der Waals surface area contributed by atoms with Crippen molar-refractivity contribution in [2.24, 2.45) is 5.92 Å². The summed E-state index contributed by atoms with van der Waals surface area (Å²) in [4.78, 5) is 35.2. The van der Waals surface area contributed by atoms with Gasteiger partial charge in [-0.15, -0.1) is 0 Å². The maximum absolute atomic E-state index is 12.4. The number of methoxy groups -OCH3 is 1. The Bertz CT molecular complexity index is 613. The topological polar surface area (TPSA) is 105 Å². The smallest absolute Gasteiger partial charge is 0.303 e. The van der Waals surface area contributed by atoms with E-state index in [-0.39, 0.29) is 24.2 Å². The van der Waals surface area contributed by atoms with Crippen LogP contribution in [0, 0.1) is 5.92 Å². The summed E-state index contributed by atoms with van der Waals surface area (Å²) in [5.41, 5.74) is 0.465. The third-order valence-electron chi connectivity index (χ3n) is 4.20. The van der Waals surface area contributed by atoms with Gasteiger partial charge in [-0.05, 0) is 43.0 Å². The van der Waals surface area contributed by atoms with Crippen LogP contribution in [0.2, 0.25) is 0 Å². The Morgan fingerprint density at radius 1 is 1.04 bits per heavy atom. The molecule has 1 atom stereocenters. The van der Waals surface area contributed by atoms with Crippen molar-refractivity contribution in [3.63, 3.8) is 0 Å². The van der Waals surface area contributed by atoms with Crippen molar-refractivity contribution in [2.45, 2.75) is 52.0 Å². The number of carbonyl (C=O) groups is 3. The molecule has 3 N–H and O–H groups in total. The second-order valence-electron chi connectivity index (χ2n) is 6.77. The molecule has 2 amide bonds. The van der Waals surface area contributed by atoms with E-state index >= 15 is 0 Å². The minimum absolute atomic E-state index is 0.0530. The lowest BCUT2D eigenvalue weighted by Gasteiger charge is -2.22. The molecule has 0 unspecified atom stereocenters. The van der Waals surface area contributed by atoms with Gasteiger partial charge in [-0.25, -0.2) is 0 Å². The SMILES string of the molecule is COc1ccc(C(=O)N[C@@H](C(=O)NCCCCCCC(=O)O)C(C)C)cc1. The normalized spacial score (nSPS) is 11.7. The van der Waals surface area contributed by atoms with Gasteiger partial charge in [0.1, 0.15) is 11.8 Å². The van der Waals surface area contributed by atoms with Gasteiger partial charge in [-0.2, -0.15) is 0 Å². The number of benzene rings is 1. The summed E-state index contributed by atoms with van der Waals surface area (Å²) in [7, 11) is 1.56. The molecule has 1 rings (SSSR count). The van der Waals surface area contributed by atoms with Crippen LogP contribution in [0.15, 0.2) is 24.3 Å². The highest BCUT2D eigenvalue weighted by atomic mass is 16.5. The summed E-state index contributed by atoms with van der Waals surface area (Å²) in [6.45, 7) is 4.27. The second kappa shape index (κ2) is 11.9. The van der Waals surface area contributed by atoms with Gasteiger partial charge in [0.15, 0.2) is 0 Å². The fourth-order valence-corrected chi connectivity index (χ4v) is 2.58. The van der Waals surface area contributed by atoms with E-state index in [0.717, 1.165) is 19.3 Å². The average molecular weight is 378 g/mol. The summed E-state index contributed by atoms with van der Waals surface area (Å²) in [6.07, 6.45) is 3.29. The number of unbranched alkanes of at least 4 members (excludes halogenated alkanes) is 3. The molecule has 1 aromatic carbocycles. The molecule has 0 aliphatic heterocycles. The summed E-state index contributed by atoms with van der Waals surface area (Å²) in [5.74, 6) is -0.691. The number of aliphatic carboxylic acids is 1. The molecule has 7 heteroatoms. The van der Waals surface area contributed by atoms with Crippen LogP contribution in [-0.2, 0) is 9.59 Å². The van der Waals surface area contributed by atoms with E-state index in [4.69, 9.17) is 9.84 Å². The van der Waals surface area contributed by atoms with Crippen molar-refractivity contribution < 1.29 is 24.2 Å². The third kappa shape index (κ3) is 8.57. The van der Waals surface area contributed by atoms with Crippen LogP contribution < -0.4 is 15.4 Å². The van der Waals surface area contributed by atoms with Crippen LogP contribution in [0.25, 0.3) is 0 Å². The minimum Gasteiger partial charge on any atom is -0.497 e. The first-order valence-electron chi connectivity index (χ1n) is 9.29. The molecule has 0 saturated carbocycles. The van der Waals surface area contributed by atoms with E-state index in [1.165, 1.54) is 0 Å². The second-order valence-corrected chi connectivity index (χ2v) is 6.77. The van der Waals surface area contributed by atoms with Crippen molar-refractivity contribution in [3.8, 4) is 5.75 Å². The molecular weight excluding hydrogens is 348 g/mol. The molecule has 0 aliphatic rings. The zero-order valence-corrected chi connectivity index (χ0v) is 16.3. The number of ether oxygens (including phenoxy) is 1. The number of amides is 2. The van der Waals surface area contributed by atoms with Crippen molar-refractivity contribution in [2.75, 3.05) is 13.7 Å². The Balaban J connectivity index is 2.43. The number of carboxylic acid groups (broad SMARTS) is 1. The molecule has 0 fully saturated rings. The Labute approximate surface area is 160 Å². The van der Waals surface area contributed by atoms with Crippen LogP contribution >= 0.6 is 0 Å². The fraction of sp³-hybridized carbons (Fsp3) is 0.550. The van der Waals surface area contributed by atoms with Gasteiger partial charge in [-0.3, -0.25) is 14.4 Å². The summed E-state index contributed by atoms with van der Waals surface area (Å²) < 4.78 is 5.07. The van der Waals surface area contributed by atoms with Crippen molar-refractivity contribution in [1.29, 1.82) is 0 Å². The summed E-state index contributed by atoms with van der Waals surface area (Å²) >= 11 is 0. The van der Waals surface area contributed by atoms with Gasteiger partial charge < -0.3 is 20.5 Å².